The van der Waals surface area contributed by atoms with Gasteiger partial charge in [0.1, 0.15) is 11.2 Å². The predicted molar refractivity (Wildman–Crippen MR) is 253 cm³/mol. The Morgan fingerprint density at radius 2 is 1.00 bits per heavy atom. The summed E-state index contributed by atoms with van der Waals surface area (Å²) in [4.78, 5) is 10.1. The molecular formula is C56H42IrN4O2-2. The van der Waals surface area contributed by atoms with Crippen LogP contribution >= 0.6 is 0 Å². The van der Waals surface area contributed by atoms with Crippen molar-refractivity contribution in [2.75, 3.05) is 0 Å². The van der Waals surface area contributed by atoms with Crippen LogP contribution < -0.4 is 0 Å². The van der Waals surface area contributed by atoms with Crippen LogP contribution in [0.5, 0.6) is 0 Å². The molecule has 0 fully saturated rings. The molecule has 0 amide bonds. The van der Waals surface area contributed by atoms with Gasteiger partial charge in [0.05, 0.1) is 45.0 Å². The first-order chi connectivity index (χ1) is 30.4. The van der Waals surface area contributed by atoms with Crippen LogP contribution in [-0.2, 0) is 20.1 Å². The van der Waals surface area contributed by atoms with E-state index >= 15 is 0 Å². The molecule has 12 aromatic rings. The topological polar surface area (TPSA) is 61.9 Å². The number of hydrogen-bond donors (Lipinski definition) is 0. The van der Waals surface area contributed by atoms with Gasteiger partial charge in [0, 0.05) is 42.0 Å². The average molecular weight is 995 g/mol. The van der Waals surface area contributed by atoms with E-state index in [1.54, 1.807) is 0 Å². The number of imidazole rings is 2. The quantitative estimate of drug-likeness (QED) is 0.156. The number of aromatic nitrogens is 4. The number of fused-ring (bicyclic) bond motifs is 8. The summed E-state index contributed by atoms with van der Waals surface area (Å²) in [5, 5.41) is 4.31. The van der Waals surface area contributed by atoms with Gasteiger partial charge in [0.25, 0.3) is 0 Å². The zero-order valence-electron chi connectivity index (χ0n) is 35.3. The number of benzene rings is 8. The standard InChI is InChI=1S/C31H17N2O2.C25H25N2.Ir/c1-5-17-27-19(9-1)21-11-7-13-23(29(21)34-27)31-32-24-14-3-4-15-25(24)33(31)26-16-8-12-22-20-10-2-6-18-28(20)35-30(22)26;1-17(2)20-13-10-14-21(18(3)4)24(20)27-23-16-9-8-15-22(23)26-25(27)19-11-6-5-7-12-19;/h1-12,14-18H;5-11,13-18H,1-4H3;/q2*-1;. The molecule has 0 saturated heterocycles. The van der Waals surface area contributed by atoms with Gasteiger partial charge < -0.3 is 18.0 Å². The van der Waals surface area contributed by atoms with Gasteiger partial charge in [-0.2, -0.15) is 0 Å². The van der Waals surface area contributed by atoms with Gasteiger partial charge in [-0.1, -0.05) is 130 Å². The minimum Gasteiger partial charge on any atom is -0.501 e. The van der Waals surface area contributed by atoms with Gasteiger partial charge in [0.2, 0.25) is 0 Å². The monoisotopic (exact) mass is 995 g/mol. The zero-order chi connectivity index (χ0) is 41.9. The summed E-state index contributed by atoms with van der Waals surface area (Å²) in [5.74, 6) is 2.57. The average Bonchev–Trinajstić information content (AvgIpc) is 4.09. The number of para-hydroxylation sites is 8. The van der Waals surface area contributed by atoms with Crippen molar-refractivity contribution in [2.24, 2.45) is 0 Å². The van der Waals surface area contributed by atoms with E-state index in [1.807, 2.05) is 78.9 Å². The molecule has 0 bridgehead atoms. The first kappa shape index (κ1) is 40.0. The Morgan fingerprint density at radius 1 is 0.460 bits per heavy atom. The van der Waals surface area contributed by atoms with E-state index < -0.39 is 0 Å². The van der Waals surface area contributed by atoms with E-state index in [0.29, 0.717) is 11.8 Å². The smallest absolute Gasteiger partial charge is 0.158 e. The maximum atomic E-state index is 6.40. The van der Waals surface area contributed by atoms with Crippen LogP contribution in [0.1, 0.15) is 50.7 Å². The Hall–Kier alpha value is -7.05. The summed E-state index contributed by atoms with van der Waals surface area (Å²) >= 11 is 0. The first-order valence-electron chi connectivity index (χ1n) is 21.2. The summed E-state index contributed by atoms with van der Waals surface area (Å²) in [7, 11) is 0. The van der Waals surface area contributed by atoms with Gasteiger partial charge in [-0.05, 0) is 65.4 Å². The van der Waals surface area contributed by atoms with Gasteiger partial charge in [-0.25, -0.2) is 0 Å². The molecule has 0 N–H and O–H groups in total. The van der Waals surface area contributed by atoms with E-state index in [-0.39, 0.29) is 20.1 Å². The molecular weight excluding hydrogens is 953 g/mol. The molecule has 0 spiro atoms. The summed E-state index contributed by atoms with van der Waals surface area (Å²) in [5.41, 5.74) is 14.1. The molecule has 0 atom stereocenters. The summed E-state index contributed by atoms with van der Waals surface area (Å²) in [6, 6.07) is 64.7. The molecule has 1 radical (unpaired) electrons. The third kappa shape index (κ3) is 6.76. The summed E-state index contributed by atoms with van der Waals surface area (Å²) < 4.78 is 17.3. The first-order valence-corrected chi connectivity index (χ1v) is 21.2. The molecule has 63 heavy (non-hydrogen) atoms. The predicted octanol–water partition coefficient (Wildman–Crippen LogP) is 15.0. The largest absolute Gasteiger partial charge is 0.501 e. The SMILES string of the molecule is CC(C)c1cccc(C(C)C)c1-n1c(-c2[c-]cccc2)nc2ccccc21.[Ir].[c-]1ccc2c(oc3ccccc32)c1-c1nc2ccccc2n1-c1cccc2c1oc1ccccc12. The summed E-state index contributed by atoms with van der Waals surface area (Å²) in [6.45, 7) is 9.04. The number of rotatable bonds is 6. The van der Waals surface area contributed by atoms with Crippen LogP contribution in [0.3, 0.4) is 0 Å². The van der Waals surface area contributed by atoms with Crippen molar-refractivity contribution in [3.8, 4) is 34.2 Å². The number of hydrogen-bond acceptors (Lipinski definition) is 4. The fraction of sp³-hybridized carbons (Fsp3) is 0.107. The molecule has 0 unspecified atom stereocenters. The van der Waals surface area contributed by atoms with Crippen molar-refractivity contribution in [1.82, 2.24) is 19.1 Å². The van der Waals surface area contributed by atoms with Crippen molar-refractivity contribution in [1.29, 1.82) is 0 Å². The van der Waals surface area contributed by atoms with Crippen molar-refractivity contribution in [3.63, 3.8) is 0 Å². The van der Waals surface area contributed by atoms with E-state index in [0.717, 1.165) is 94.4 Å². The summed E-state index contributed by atoms with van der Waals surface area (Å²) in [6.07, 6.45) is 0. The minimum atomic E-state index is 0. The maximum absolute atomic E-state index is 6.40. The zero-order valence-corrected chi connectivity index (χ0v) is 37.7. The van der Waals surface area contributed by atoms with Crippen molar-refractivity contribution in [3.05, 3.63) is 193 Å². The molecule has 0 aliphatic rings. The van der Waals surface area contributed by atoms with Gasteiger partial charge in [-0.15, -0.1) is 54.1 Å². The molecule has 0 aliphatic heterocycles. The van der Waals surface area contributed by atoms with E-state index in [2.05, 4.69) is 140 Å². The molecule has 4 aromatic heterocycles. The van der Waals surface area contributed by atoms with Crippen LogP contribution in [0.2, 0.25) is 0 Å². The van der Waals surface area contributed by atoms with E-state index in [9.17, 15) is 0 Å². The number of furan rings is 2. The number of nitrogens with zero attached hydrogens (tertiary/aromatic N) is 4. The molecule has 7 heteroatoms. The van der Waals surface area contributed by atoms with Crippen molar-refractivity contribution >= 4 is 65.9 Å². The third-order valence-electron chi connectivity index (χ3n) is 11.8. The third-order valence-corrected chi connectivity index (χ3v) is 11.8. The van der Waals surface area contributed by atoms with Gasteiger partial charge >= 0.3 is 0 Å². The molecule has 0 aliphatic carbocycles. The van der Waals surface area contributed by atoms with Crippen LogP contribution in [0.15, 0.2) is 179 Å². The van der Waals surface area contributed by atoms with Crippen LogP contribution in [-0.4, -0.2) is 19.1 Å². The normalized spacial score (nSPS) is 11.7. The Bertz CT molecular complexity index is 3580. The maximum Gasteiger partial charge on any atom is 0.158 e. The molecule has 309 valence electrons. The van der Waals surface area contributed by atoms with Crippen molar-refractivity contribution < 1.29 is 28.9 Å². The Balaban J connectivity index is 0.000000153. The van der Waals surface area contributed by atoms with Crippen molar-refractivity contribution in [2.45, 2.75) is 39.5 Å². The minimum absolute atomic E-state index is 0. The van der Waals surface area contributed by atoms with Crippen LogP contribution in [0.25, 0.3) is 100 Å². The Morgan fingerprint density at radius 3 is 1.65 bits per heavy atom. The van der Waals surface area contributed by atoms with Crippen LogP contribution in [0, 0.1) is 12.1 Å². The molecule has 12 rings (SSSR count). The second-order valence-electron chi connectivity index (χ2n) is 16.3. The van der Waals surface area contributed by atoms with Crippen LogP contribution in [0.4, 0.5) is 0 Å². The van der Waals surface area contributed by atoms with Gasteiger partial charge in [-0.3, -0.25) is 9.97 Å². The molecule has 6 nitrogen and oxygen atoms in total. The Labute approximate surface area is 378 Å². The molecule has 0 saturated carbocycles. The second kappa shape index (κ2) is 16.3. The van der Waals surface area contributed by atoms with E-state index in [4.69, 9.17) is 18.8 Å². The van der Waals surface area contributed by atoms with E-state index in [1.165, 1.54) is 16.8 Å². The van der Waals surface area contributed by atoms with Gasteiger partial charge in [0.15, 0.2) is 5.58 Å². The fourth-order valence-electron chi connectivity index (χ4n) is 8.94. The second-order valence-corrected chi connectivity index (χ2v) is 16.3. The molecule has 8 aromatic carbocycles. The fourth-order valence-corrected chi connectivity index (χ4v) is 8.94. The Kier molecular flexibility index (Phi) is 10.4. The molecule has 4 heterocycles.